The molecule has 2 aromatic rings. The van der Waals surface area contributed by atoms with E-state index < -0.39 is 11.9 Å². The largest absolute Gasteiger partial charge is 0.496 e. The van der Waals surface area contributed by atoms with Gasteiger partial charge < -0.3 is 20.5 Å². The van der Waals surface area contributed by atoms with Crippen molar-refractivity contribution in [2.75, 3.05) is 25.5 Å². The summed E-state index contributed by atoms with van der Waals surface area (Å²) >= 11 is 0. The summed E-state index contributed by atoms with van der Waals surface area (Å²) in [5.74, 6) is -0.739. The molecule has 6 heteroatoms. The molecule has 2 aromatic carbocycles. The van der Waals surface area contributed by atoms with Crippen molar-refractivity contribution in [1.82, 2.24) is 5.32 Å². The molecule has 144 valence electrons. The lowest BCUT2D eigenvalue weighted by molar-refractivity contribution is -0.111. The molecule has 28 heavy (non-hydrogen) atoms. The molecule has 0 saturated carbocycles. The summed E-state index contributed by atoms with van der Waals surface area (Å²) in [6.07, 6.45) is 6.14. The molecule has 1 aliphatic rings. The number of hydrogen-bond acceptors (Lipinski definition) is 4. The van der Waals surface area contributed by atoms with Gasteiger partial charge in [0.2, 0.25) is 5.91 Å². The van der Waals surface area contributed by atoms with E-state index in [9.17, 15) is 14.7 Å². The zero-order valence-electron chi connectivity index (χ0n) is 15.6. The standard InChI is InChI=1S/C22H22N2O4/c1-28-20-14-15(6-8-17(20)16-10-12-23-13-11-16)7-9-21(25)24-19-5-3-2-4-18(19)22(26)27/h2-10,14,23H,11-13H2,1H3,(H,24,25)(H,26,27)/b9-7+. The minimum Gasteiger partial charge on any atom is -0.496 e. The molecule has 1 heterocycles. The lowest BCUT2D eigenvalue weighted by Gasteiger charge is -2.17. The van der Waals surface area contributed by atoms with E-state index in [1.165, 1.54) is 17.7 Å². The number of anilines is 1. The van der Waals surface area contributed by atoms with E-state index in [1.807, 2.05) is 18.2 Å². The van der Waals surface area contributed by atoms with Gasteiger partial charge in [0.25, 0.3) is 0 Å². The maximum absolute atomic E-state index is 12.2. The highest BCUT2D eigenvalue weighted by molar-refractivity contribution is 6.06. The highest BCUT2D eigenvalue weighted by Crippen LogP contribution is 2.30. The third-order valence-corrected chi connectivity index (χ3v) is 4.48. The Kier molecular flexibility index (Phi) is 6.24. The number of ether oxygens (including phenoxy) is 1. The van der Waals surface area contributed by atoms with Crippen LogP contribution in [0.4, 0.5) is 5.69 Å². The van der Waals surface area contributed by atoms with E-state index in [2.05, 4.69) is 16.7 Å². The summed E-state index contributed by atoms with van der Waals surface area (Å²) in [4.78, 5) is 23.4. The van der Waals surface area contributed by atoms with Crippen LogP contribution in [0.5, 0.6) is 5.75 Å². The quantitative estimate of drug-likeness (QED) is 0.671. The van der Waals surface area contributed by atoms with Crippen molar-refractivity contribution in [3.8, 4) is 5.75 Å². The van der Waals surface area contributed by atoms with Gasteiger partial charge >= 0.3 is 5.97 Å². The molecule has 1 amide bonds. The summed E-state index contributed by atoms with van der Waals surface area (Å²) in [5.41, 5.74) is 3.42. The van der Waals surface area contributed by atoms with E-state index in [4.69, 9.17) is 4.74 Å². The second kappa shape index (κ2) is 9.01. The van der Waals surface area contributed by atoms with E-state index in [0.29, 0.717) is 0 Å². The number of aromatic carboxylic acids is 1. The normalized spacial score (nSPS) is 13.8. The van der Waals surface area contributed by atoms with Crippen molar-refractivity contribution >= 4 is 29.2 Å². The van der Waals surface area contributed by atoms with Crippen molar-refractivity contribution in [2.24, 2.45) is 0 Å². The van der Waals surface area contributed by atoms with Crippen LogP contribution >= 0.6 is 0 Å². The predicted molar refractivity (Wildman–Crippen MR) is 110 cm³/mol. The van der Waals surface area contributed by atoms with Crippen molar-refractivity contribution in [1.29, 1.82) is 0 Å². The number of nitrogens with one attached hydrogen (secondary N) is 2. The lowest BCUT2D eigenvalue weighted by atomic mass is 9.98. The molecule has 3 rings (SSSR count). The number of hydrogen-bond donors (Lipinski definition) is 3. The van der Waals surface area contributed by atoms with Crippen LogP contribution < -0.4 is 15.4 Å². The minimum atomic E-state index is -1.09. The number of carbonyl (C=O) groups excluding carboxylic acids is 1. The monoisotopic (exact) mass is 378 g/mol. The topological polar surface area (TPSA) is 87.7 Å². The van der Waals surface area contributed by atoms with Crippen LogP contribution in [0, 0.1) is 0 Å². The number of carboxylic acids is 1. The molecule has 3 N–H and O–H groups in total. The summed E-state index contributed by atoms with van der Waals surface area (Å²) in [6.45, 7) is 1.78. The zero-order chi connectivity index (χ0) is 19.9. The first-order chi connectivity index (χ1) is 13.6. The summed E-state index contributed by atoms with van der Waals surface area (Å²) in [5, 5.41) is 15.1. The average Bonchev–Trinajstić information content (AvgIpc) is 2.73. The van der Waals surface area contributed by atoms with Crippen molar-refractivity contribution in [2.45, 2.75) is 6.42 Å². The molecular weight excluding hydrogens is 356 g/mol. The smallest absolute Gasteiger partial charge is 0.337 e. The molecule has 1 aliphatic heterocycles. The van der Waals surface area contributed by atoms with Crippen LogP contribution in [-0.4, -0.2) is 37.2 Å². The molecule has 0 aliphatic carbocycles. The van der Waals surface area contributed by atoms with Crippen molar-refractivity contribution < 1.29 is 19.4 Å². The number of carbonyl (C=O) groups is 2. The summed E-state index contributed by atoms with van der Waals surface area (Å²) < 4.78 is 5.52. The second-order valence-corrected chi connectivity index (χ2v) is 6.32. The molecule has 0 saturated heterocycles. The first-order valence-electron chi connectivity index (χ1n) is 8.98. The van der Waals surface area contributed by atoms with Crippen LogP contribution in [0.3, 0.4) is 0 Å². The molecule has 0 radical (unpaired) electrons. The summed E-state index contributed by atoms with van der Waals surface area (Å²) in [6, 6.07) is 12.1. The van der Waals surface area contributed by atoms with E-state index in [1.54, 1.807) is 31.4 Å². The fourth-order valence-electron chi connectivity index (χ4n) is 3.07. The molecule has 0 fully saturated rings. The van der Waals surface area contributed by atoms with Gasteiger partial charge in [-0.2, -0.15) is 0 Å². The molecular formula is C22H22N2O4. The molecule has 6 nitrogen and oxygen atoms in total. The fraction of sp³-hybridized carbons (Fsp3) is 0.182. The number of methoxy groups -OCH3 is 1. The van der Waals surface area contributed by atoms with Gasteiger partial charge in [0.1, 0.15) is 5.75 Å². The first kappa shape index (κ1) is 19.4. The molecule has 0 atom stereocenters. The van der Waals surface area contributed by atoms with Gasteiger partial charge in [-0.05, 0) is 48.4 Å². The van der Waals surface area contributed by atoms with Gasteiger partial charge in [-0.15, -0.1) is 0 Å². The van der Waals surface area contributed by atoms with Crippen LogP contribution in [0.1, 0.15) is 27.9 Å². The zero-order valence-corrected chi connectivity index (χ0v) is 15.6. The second-order valence-electron chi connectivity index (χ2n) is 6.32. The van der Waals surface area contributed by atoms with Crippen molar-refractivity contribution in [3.63, 3.8) is 0 Å². The van der Waals surface area contributed by atoms with Gasteiger partial charge in [-0.3, -0.25) is 4.79 Å². The third-order valence-electron chi connectivity index (χ3n) is 4.48. The average molecular weight is 378 g/mol. The van der Waals surface area contributed by atoms with E-state index in [-0.39, 0.29) is 11.3 Å². The van der Waals surface area contributed by atoms with Gasteiger partial charge in [0, 0.05) is 18.2 Å². The summed E-state index contributed by atoms with van der Waals surface area (Å²) in [7, 11) is 1.63. The SMILES string of the molecule is COc1cc(/C=C/C(=O)Nc2ccccc2C(=O)O)ccc1C1=CCNCC1. The Labute approximate surface area is 163 Å². The number of para-hydroxylation sites is 1. The lowest BCUT2D eigenvalue weighted by Crippen LogP contribution is -2.20. The molecule has 0 unspecified atom stereocenters. The van der Waals surface area contributed by atoms with E-state index in [0.717, 1.165) is 36.4 Å². The number of benzene rings is 2. The number of carboxylic acid groups (broad SMARTS) is 1. The Morgan fingerprint density at radius 2 is 2.04 bits per heavy atom. The number of rotatable bonds is 6. The number of amides is 1. The first-order valence-corrected chi connectivity index (χ1v) is 8.98. The van der Waals surface area contributed by atoms with Gasteiger partial charge in [0.15, 0.2) is 0 Å². The molecule has 0 spiro atoms. The Morgan fingerprint density at radius 1 is 1.21 bits per heavy atom. The highest BCUT2D eigenvalue weighted by Gasteiger charge is 2.12. The Bertz CT molecular complexity index is 947. The Balaban J connectivity index is 1.74. The maximum atomic E-state index is 12.2. The highest BCUT2D eigenvalue weighted by atomic mass is 16.5. The molecule has 0 bridgehead atoms. The molecule has 0 aromatic heterocycles. The van der Waals surface area contributed by atoms with Crippen LogP contribution in [0.15, 0.2) is 54.6 Å². The van der Waals surface area contributed by atoms with Crippen LogP contribution in [-0.2, 0) is 4.79 Å². The fourth-order valence-corrected chi connectivity index (χ4v) is 3.07. The Hall–Kier alpha value is -3.38. The van der Waals surface area contributed by atoms with Gasteiger partial charge in [-0.1, -0.05) is 30.3 Å². The van der Waals surface area contributed by atoms with Crippen LogP contribution in [0.25, 0.3) is 11.6 Å². The van der Waals surface area contributed by atoms with Gasteiger partial charge in [0.05, 0.1) is 18.4 Å². The van der Waals surface area contributed by atoms with Crippen LogP contribution in [0.2, 0.25) is 0 Å². The predicted octanol–water partition coefficient (Wildman–Crippen LogP) is 3.42. The Morgan fingerprint density at radius 3 is 2.75 bits per heavy atom. The third kappa shape index (κ3) is 4.66. The minimum absolute atomic E-state index is 0.0468. The van der Waals surface area contributed by atoms with Crippen molar-refractivity contribution in [3.05, 3.63) is 71.3 Å². The van der Waals surface area contributed by atoms with E-state index >= 15 is 0 Å². The van der Waals surface area contributed by atoms with Gasteiger partial charge in [-0.25, -0.2) is 4.79 Å². The maximum Gasteiger partial charge on any atom is 0.337 e.